The minimum atomic E-state index is -4.31. The summed E-state index contributed by atoms with van der Waals surface area (Å²) in [5.41, 5.74) is -4.31. The van der Waals surface area contributed by atoms with Crippen LogP contribution in [-0.4, -0.2) is 41.0 Å². The molecule has 0 aromatic rings. The maximum Gasteiger partial charge on any atom is 0.441 e. The molecule has 2 unspecified atom stereocenters. The molecule has 1 aliphatic carbocycles. The van der Waals surface area contributed by atoms with Gasteiger partial charge in [0.1, 0.15) is 0 Å². The SMILES string of the molecule is O=C(NCCSC(F)(F)F)NC1CCCCC1C(=O)O. The van der Waals surface area contributed by atoms with Gasteiger partial charge in [0.15, 0.2) is 0 Å². The zero-order chi connectivity index (χ0) is 15.2. The lowest BCUT2D eigenvalue weighted by molar-refractivity contribution is -0.143. The van der Waals surface area contributed by atoms with E-state index in [-0.39, 0.29) is 24.1 Å². The molecule has 1 saturated carbocycles. The zero-order valence-corrected chi connectivity index (χ0v) is 11.5. The number of amides is 2. The minimum absolute atomic E-state index is 0.125. The molecule has 0 radical (unpaired) electrons. The van der Waals surface area contributed by atoms with E-state index in [1.807, 2.05) is 0 Å². The van der Waals surface area contributed by atoms with Crippen LogP contribution >= 0.6 is 11.8 Å². The van der Waals surface area contributed by atoms with Crippen molar-refractivity contribution in [2.24, 2.45) is 5.92 Å². The highest BCUT2D eigenvalue weighted by molar-refractivity contribution is 8.00. The number of carboxylic acid groups (broad SMARTS) is 1. The predicted molar refractivity (Wildman–Crippen MR) is 68.4 cm³/mol. The number of halogens is 3. The summed E-state index contributed by atoms with van der Waals surface area (Å²) >= 11 is -0.210. The second-order valence-corrected chi connectivity index (χ2v) is 5.69. The molecule has 0 heterocycles. The van der Waals surface area contributed by atoms with Gasteiger partial charge in [-0.2, -0.15) is 13.2 Å². The van der Waals surface area contributed by atoms with Crippen LogP contribution < -0.4 is 10.6 Å². The molecule has 116 valence electrons. The number of alkyl halides is 3. The van der Waals surface area contributed by atoms with Crippen LogP contribution in [0, 0.1) is 5.92 Å². The summed E-state index contributed by atoms with van der Waals surface area (Å²) in [6.07, 6.45) is 2.71. The summed E-state index contributed by atoms with van der Waals surface area (Å²) in [6.45, 7) is -0.125. The van der Waals surface area contributed by atoms with Gasteiger partial charge in [0, 0.05) is 18.3 Å². The number of carbonyl (C=O) groups is 2. The van der Waals surface area contributed by atoms with Crippen molar-refractivity contribution in [1.82, 2.24) is 10.6 Å². The van der Waals surface area contributed by atoms with Crippen LogP contribution in [0.25, 0.3) is 0 Å². The third kappa shape index (κ3) is 6.36. The number of aliphatic carboxylic acids is 1. The van der Waals surface area contributed by atoms with Crippen molar-refractivity contribution < 1.29 is 27.9 Å². The van der Waals surface area contributed by atoms with Crippen LogP contribution in [0.5, 0.6) is 0 Å². The summed E-state index contributed by atoms with van der Waals surface area (Å²) in [5, 5.41) is 13.8. The lowest BCUT2D eigenvalue weighted by Crippen LogP contribution is -2.49. The first-order valence-corrected chi connectivity index (χ1v) is 7.26. The lowest BCUT2D eigenvalue weighted by atomic mass is 9.84. The number of carboxylic acids is 1. The Kier molecular flexibility index (Phi) is 6.44. The molecule has 1 rings (SSSR count). The second-order valence-electron chi connectivity index (χ2n) is 4.53. The highest BCUT2D eigenvalue weighted by atomic mass is 32.2. The normalized spacial score (nSPS) is 23.1. The Balaban J connectivity index is 2.28. The van der Waals surface area contributed by atoms with Crippen LogP contribution in [0.15, 0.2) is 0 Å². The van der Waals surface area contributed by atoms with Crippen molar-refractivity contribution in [3.05, 3.63) is 0 Å². The van der Waals surface area contributed by atoms with E-state index in [9.17, 15) is 22.8 Å². The summed E-state index contributed by atoms with van der Waals surface area (Å²) < 4.78 is 35.6. The maximum atomic E-state index is 11.9. The Bertz CT molecular complexity index is 352. The van der Waals surface area contributed by atoms with Crippen molar-refractivity contribution in [1.29, 1.82) is 0 Å². The van der Waals surface area contributed by atoms with E-state index in [1.165, 1.54) is 0 Å². The van der Waals surface area contributed by atoms with E-state index in [0.717, 1.165) is 12.8 Å². The van der Waals surface area contributed by atoms with Gasteiger partial charge in [0.25, 0.3) is 0 Å². The van der Waals surface area contributed by atoms with Crippen molar-refractivity contribution in [2.75, 3.05) is 12.3 Å². The Hall–Kier alpha value is -1.12. The number of nitrogens with one attached hydrogen (secondary N) is 2. The predicted octanol–water partition coefficient (Wildman–Crippen LogP) is 2.18. The van der Waals surface area contributed by atoms with Crippen LogP contribution in [-0.2, 0) is 4.79 Å². The van der Waals surface area contributed by atoms with Crippen LogP contribution in [0.2, 0.25) is 0 Å². The molecule has 0 aliphatic heterocycles. The fourth-order valence-corrected chi connectivity index (χ4v) is 2.59. The van der Waals surface area contributed by atoms with E-state index in [2.05, 4.69) is 10.6 Å². The Morgan fingerprint density at radius 3 is 2.50 bits per heavy atom. The zero-order valence-electron chi connectivity index (χ0n) is 10.7. The second kappa shape index (κ2) is 7.61. The largest absolute Gasteiger partial charge is 0.481 e. The highest BCUT2D eigenvalue weighted by Crippen LogP contribution is 2.29. The van der Waals surface area contributed by atoms with Crippen molar-refractivity contribution in [3.63, 3.8) is 0 Å². The van der Waals surface area contributed by atoms with Crippen molar-refractivity contribution in [2.45, 2.75) is 37.2 Å². The van der Waals surface area contributed by atoms with Gasteiger partial charge in [0.05, 0.1) is 5.92 Å². The van der Waals surface area contributed by atoms with Gasteiger partial charge in [-0.05, 0) is 24.6 Å². The van der Waals surface area contributed by atoms with Gasteiger partial charge in [-0.3, -0.25) is 4.79 Å². The molecule has 3 N–H and O–H groups in total. The first kappa shape index (κ1) is 16.9. The van der Waals surface area contributed by atoms with Gasteiger partial charge in [0.2, 0.25) is 0 Å². The minimum Gasteiger partial charge on any atom is -0.481 e. The summed E-state index contributed by atoms with van der Waals surface area (Å²) in [5.74, 6) is -1.86. The van der Waals surface area contributed by atoms with Crippen molar-refractivity contribution >= 4 is 23.8 Å². The quantitative estimate of drug-likeness (QED) is 0.680. The smallest absolute Gasteiger partial charge is 0.441 e. The van der Waals surface area contributed by atoms with E-state index in [4.69, 9.17) is 5.11 Å². The van der Waals surface area contributed by atoms with Crippen LogP contribution in [0.3, 0.4) is 0 Å². The number of rotatable bonds is 5. The molecule has 0 spiro atoms. The standard InChI is InChI=1S/C11H17F3N2O3S/c12-11(13,14)20-6-5-15-10(19)16-8-4-2-1-3-7(8)9(17)18/h7-8H,1-6H2,(H,17,18)(H2,15,16,19). The molecular weight excluding hydrogens is 297 g/mol. The number of carbonyl (C=O) groups excluding carboxylic acids is 1. The van der Waals surface area contributed by atoms with Gasteiger partial charge < -0.3 is 15.7 Å². The third-order valence-electron chi connectivity index (χ3n) is 3.05. The fraction of sp³-hybridized carbons (Fsp3) is 0.818. The molecule has 2 atom stereocenters. The van der Waals surface area contributed by atoms with Gasteiger partial charge in [-0.15, -0.1) is 0 Å². The Morgan fingerprint density at radius 1 is 1.25 bits per heavy atom. The first-order chi connectivity index (χ1) is 9.29. The molecule has 5 nitrogen and oxygen atoms in total. The molecule has 9 heteroatoms. The molecule has 1 fully saturated rings. The number of hydrogen-bond donors (Lipinski definition) is 3. The summed E-state index contributed by atoms with van der Waals surface area (Å²) in [4.78, 5) is 22.5. The van der Waals surface area contributed by atoms with E-state index in [0.29, 0.717) is 12.8 Å². The lowest BCUT2D eigenvalue weighted by Gasteiger charge is -2.29. The number of hydrogen-bond acceptors (Lipinski definition) is 3. The average molecular weight is 314 g/mol. The third-order valence-corrected chi connectivity index (χ3v) is 3.79. The number of urea groups is 1. The summed E-state index contributed by atoms with van der Waals surface area (Å²) in [6, 6.07) is -1.08. The molecule has 0 saturated heterocycles. The molecule has 1 aliphatic rings. The van der Waals surface area contributed by atoms with Gasteiger partial charge >= 0.3 is 17.5 Å². The van der Waals surface area contributed by atoms with E-state index < -0.39 is 29.5 Å². The topological polar surface area (TPSA) is 78.4 Å². The number of thioether (sulfide) groups is 1. The molecule has 0 bridgehead atoms. The van der Waals surface area contributed by atoms with Crippen molar-refractivity contribution in [3.8, 4) is 0 Å². The van der Waals surface area contributed by atoms with E-state index >= 15 is 0 Å². The molecule has 2 amide bonds. The summed E-state index contributed by atoms with van der Waals surface area (Å²) in [7, 11) is 0. The maximum absolute atomic E-state index is 11.9. The molecular formula is C11H17F3N2O3S. The first-order valence-electron chi connectivity index (χ1n) is 6.27. The molecule has 0 aromatic heterocycles. The Morgan fingerprint density at radius 2 is 1.90 bits per heavy atom. The Labute approximate surface area is 118 Å². The average Bonchev–Trinajstić information content (AvgIpc) is 2.34. The molecule has 20 heavy (non-hydrogen) atoms. The highest BCUT2D eigenvalue weighted by Gasteiger charge is 2.32. The van der Waals surface area contributed by atoms with E-state index in [1.54, 1.807) is 0 Å². The molecule has 0 aromatic carbocycles. The fourth-order valence-electron chi connectivity index (χ4n) is 2.15. The van der Waals surface area contributed by atoms with Gasteiger partial charge in [-0.25, -0.2) is 4.79 Å². The van der Waals surface area contributed by atoms with Crippen LogP contribution in [0.1, 0.15) is 25.7 Å². The van der Waals surface area contributed by atoms with Crippen LogP contribution in [0.4, 0.5) is 18.0 Å². The van der Waals surface area contributed by atoms with Gasteiger partial charge in [-0.1, -0.05) is 12.8 Å². The monoisotopic (exact) mass is 314 g/mol.